The van der Waals surface area contributed by atoms with Gasteiger partial charge in [0.15, 0.2) is 11.5 Å². The first-order valence-electron chi connectivity index (χ1n) is 13.0. The van der Waals surface area contributed by atoms with E-state index >= 15 is 0 Å². The van der Waals surface area contributed by atoms with Crippen LogP contribution in [0, 0.1) is 0 Å². The van der Waals surface area contributed by atoms with Crippen molar-refractivity contribution in [3.63, 3.8) is 0 Å². The summed E-state index contributed by atoms with van der Waals surface area (Å²) in [5.74, 6) is 1.73. The number of fused-ring (bicyclic) bond motifs is 6. The van der Waals surface area contributed by atoms with Gasteiger partial charge in [0.2, 0.25) is 0 Å². The molecule has 0 spiro atoms. The molecule has 0 radical (unpaired) electrons. The molecule has 2 aliphatic rings. The molecule has 0 saturated carbocycles. The van der Waals surface area contributed by atoms with Crippen molar-refractivity contribution in [3.8, 4) is 34.0 Å². The standard InChI is InChI=1S/C30H32N4O2/c1-3-15-33-17-23-24-18-34(16-4-2)20-36-30(24)28-27(29(23)35-19-33)31-25(21-11-7-5-8-12-21)26(32-28)22-13-9-6-10-14-22/h5-14H,3-4,15-20H2,1-2H3. The molecule has 0 amide bonds. The maximum absolute atomic E-state index is 6.45. The molecule has 0 N–H and O–H groups in total. The molecule has 0 unspecified atom stereocenters. The molecule has 2 aliphatic heterocycles. The van der Waals surface area contributed by atoms with Gasteiger partial charge in [0, 0.05) is 48.4 Å². The van der Waals surface area contributed by atoms with E-state index in [1.54, 1.807) is 0 Å². The first kappa shape index (κ1) is 23.0. The third-order valence-corrected chi connectivity index (χ3v) is 6.96. The third-order valence-electron chi connectivity index (χ3n) is 6.96. The Morgan fingerprint density at radius 3 is 1.44 bits per heavy atom. The second kappa shape index (κ2) is 9.88. The van der Waals surface area contributed by atoms with E-state index in [1.165, 1.54) is 11.1 Å². The topological polar surface area (TPSA) is 50.7 Å². The lowest BCUT2D eigenvalue weighted by Crippen LogP contribution is -2.37. The van der Waals surface area contributed by atoms with Gasteiger partial charge < -0.3 is 9.47 Å². The van der Waals surface area contributed by atoms with Gasteiger partial charge in [0.25, 0.3) is 0 Å². The van der Waals surface area contributed by atoms with E-state index in [1.807, 2.05) is 36.4 Å². The van der Waals surface area contributed by atoms with Crippen molar-refractivity contribution >= 4 is 11.0 Å². The van der Waals surface area contributed by atoms with E-state index in [2.05, 4.69) is 47.9 Å². The molecule has 36 heavy (non-hydrogen) atoms. The summed E-state index contributed by atoms with van der Waals surface area (Å²) in [4.78, 5) is 15.3. The van der Waals surface area contributed by atoms with Crippen LogP contribution in [0.25, 0.3) is 33.5 Å². The van der Waals surface area contributed by atoms with Crippen LogP contribution in [0.2, 0.25) is 0 Å². The van der Waals surface area contributed by atoms with Crippen LogP contribution < -0.4 is 9.47 Å². The Balaban J connectivity index is 1.62. The normalized spacial score (nSPS) is 15.7. The minimum atomic E-state index is 0.567. The van der Waals surface area contributed by atoms with Crippen molar-refractivity contribution in [2.24, 2.45) is 0 Å². The highest BCUT2D eigenvalue weighted by Gasteiger charge is 2.32. The first-order valence-corrected chi connectivity index (χ1v) is 13.0. The third kappa shape index (κ3) is 4.10. The van der Waals surface area contributed by atoms with Gasteiger partial charge in [-0.1, -0.05) is 74.5 Å². The Morgan fingerprint density at radius 1 is 0.639 bits per heavy atom. The second-order valence-corrected chi connectivity index (χ2v) is 9.62. The summed E-state index contributed by atoms with van der Waals surface area (Å²) in [6.07, 6.45) is 2.18. The monoisotopic (exact) mass is 480 g/mol. The molecule has 0 fully saturated rings. The molecule has 184 valence electrons. The molecule has 1 aromatic heterocycles. The number of aromatic nitrogens is 2. The fourth-order valence-electron chi connectivity index (χ4n) is 5.32. The van der Waals surface area contributed by atoms with Crippen molar-refractivity contribution in [1.82, 2.24) is 19.8 Å². The van der Waals surface area contributed by atoms with E-state index in [0.717, 1.165) is 84.1 Å². The summed E-state index contributed by atoms with van der Waals surface area (Å²) in [5, 5.41) is 0. The number of nitrogens with zero attached hydrogens (tertiary/aromatic N) is 4. The molecular weight excluding hydrogens is 448 g/mol. The molecule has 6 heteroatoms. The molecule has 0 aliphatic carbocycles. The summed E-state index contributed by atoms with van der Waals surface area (Å²) < 4.78 is 12.9. The highest BCUT2D eigenvalue weighted by atomic mass is 16.5. The van der Waals surface area contributed by atoms with E-state index in [4.69, 9.17) is 19.4 Å². The Labute approximate surface area is 212 Å². The van der Waals surface area contributed by atoms with Crippen LogP contribution in [0.5, 0.6) is 11.5 Å². The summed E-state index contributed by atoms with van der Waals surface area (Å²) in [6, 6.07) is 20.6. The Bertz CT molecular complexity index is 1270. The highest BCUT2D eigenvalue weighted by molar-refractivity contribution is 5.95. The van der Waals surface area contributed by atoms with Crippen molar-refractivity contribution in [2.45, 2.75) is 39.8 Å². The lowest BCUT2D eigenvalue weighted by Gasteiger charge is -2.36. The van der Waals surface area contributed by atoms with E-state index in [9.17, 15) is 0 Å². The molecule has 6 rings (SSSR count). The SMILES string of the molecule is CCCN1COc2c(c3c(c4nc(-c5ccccc5)c(-c5ccccc5)nc24)OCN(CCC)C3)C1. The summed E-state index contributed by atoms with van der Waals surface area (Å²) in [6.45, 7) is 9.23. The first-order chi connectivity index (χ1) is 17.8. The van der Waals surface area contributed by atoms with Crippen LogP contribution >= 0.6 is 0 Å². The second-order valence-electron chi connectivity index (χ2n) is 9.62. The van der Waals surface area contributed by atoms with Crippen LogP contribution in [0.15, 0.2) is 60.7 Å². The van der Waals surface area contributed by atoms with Gasteiger partial charge in [-0.25, -0.2) is 9.97 Å². The van der Waals surface area contributed by atoms with E-state index < -0.39 is 0 Å². The van der Waals surface area contributed by atoms with Crippen molar-refractivity contribution in [2.75, 3.05) is 26.6 Å². The Kier molecular flexibility index (Phi) is 6.30. The summed E-state index contributed by atoms with van der Waals surface area (Å²) in [5.41, 5.74) is 7.77. The van der Waals surface area contributed by atoms with Crippen LogP contribution in [-0.2, 0) is 13.1 Å². The van der Waals surface area contributed by atoms with Crippen LogP contribution in [0.3, 0.4) is 0 Å². The minimum absolute atomic E-state index is 0.567. The number of ether oxygens (including phenoxy) is 2. The zero-order valence-electron chi connectivity index (χ0n) is 21.0. The average molecular weight is 481 g/mol. The van der Waals surface area contributed by atoms with Crippen molar-refractivity contribution < 1.29 is 9.47 Å². The molecule has 4 aromatic rings. The molecule has 3 aromatic carbocycles. The molecule has 0 saturated heterocycles. The van der Waals surface area contributed by atoms with Gasteiger partial charge >= 0.3 is 0 Å². The largest absolute Gasteiger partial charge is 0.475 e. The number of rotatable bonds is 6. The molecular formula is C30H32N4O2. The van der Waals surface area contributed by atoms with Gasteiger partial charge in [0.05, 0.1) is 11.4 Å². The molecule has 6 nitrogen and oxygen atoms in total. The van der Waals surface area contributed by atoms with Gasteiger partial charge in [-0.3, -0.25) is 9.80 Å². The van der Waals surface area contributed by atoms with E-state index in [-0.39, 0.29) is 0 Å². The fourth-order valence-corrected chi connectivity index (χ4v) is 5.32. The highest BCUT2D eigenvalue weighted by Crippen LogP contribution is 2.45. The molecule has 3 heterocycles. The van der Waals surface area contributed by atoms with Crippen LogP contribution in [-0.4, -0.2) is 46.3 Å². The Morgan fingerprint density at radius 2 is 1.06 bits per heavy atom. The number of hydrogen-bond donors (Lipinski definition) is 0. The van der Waals surface area contributed by atoms with Gasteiger partial charge in [-0.05, 0) is 12.8 Å². The molecule has 0 bridgehead atoms. The fraction of sp³-hybridized carbons (Fsp3) is 0.333. The van der Waals surface area contributed by atoms with Gasteiger partial charge in [0.1, 0.15) is 24.5 Å². The zero-order chi connectivity index (χ0) is 24.5. The zero-order valence-corrected chi connectivity index (χ0v) is 21.0. The lowest BCUT2D eigenvalue weighted by atomic mass is 9.98. The van der Waals surface area contributed by atoms with Crippen LogP contribution in [0.4, 0.5) is 0 Å². The average Bonchev–Trinajstić information content (AvgIpc) is 2.94. The smallest absolute Gasteiger partial charge is 0.154 e. The van der Waals surface area contributed by atoms with Crippen molar-refractivity contribution in [3.05, 3.63) is 71.8 Å². The number of benzene rings is 3. The summed E-state index contributed by atoms with van der Waals surface area (Å²) >= 11 is 0. The Hall–Kier alpha value is -3.48. The van der Waals surface area contributed by atoms with E-state index in [0.29, 0.717) is 13.5 Å². The molecule has 0 atom stereocenters. The summed E-state index contributed by atoms with van der Waals surface area (Å²) in [7, 11) is 0. The number of hydrogen-bond acceptors (Lipinski definition) is 6. The predicted octanol–water partition coefficient (Wildman–Crippen LogP) is 6.09. The quantitative estimate of drug-likeness (QED) is 0.333. The van der Waals surface area contributed by atoms with Crippen LogP contribution in [0.1, 0.15) is 37.8 Å². The predicted molar refractivity (Wildman–Crippen MR) is 143 cm³/mol. The van der Waals surface area contributed by atoms with Gasteiger partial charge in [-0.15, -0.1) is 0 Å². The minimum Gasteiger partial charge on any atom is -0.475 e. The van der Waals surface area contributed by atoms with Gasteiger partial charge in [-0.2, -0.15) is 0 Å². The maximum Gasteiger partial charge on any atom is 0.154 e. The maximum atomic E-state index is 6.45. The van der Waals surface area contributed by atoms with Crippen molar-refractivity contribution in [1.29, 1.82) is 0 Å². The lowest BCUT2D eigenvalue weighted by molar-refractivity contribution is 0.0815.